The standard InChI is InChI=1S/C17H28N2O4/c1-2-12-7-9-17(10-8-12,16(22)23)19-14(20)4-3-11-18-15(21)13-5-6-13/h12-13H,2-11H2,1H3,(H,18,21)(H,19,20)(H,22,23). The average Bonchev–Trinajstić information content (AvgIpc) is 3.36. The molecule has 0 radical (unpaired) electrons. The summed E-state index contributed by atoms with van der Waals surface area (Å²) in [4.78, 5) is 35.2. The van der Waals surface area contributed by atoms with Crippen molar-refractivity contribution in [1.29, 1.82) is 0 Å². The van der Waals surface area contributed by atoms with Crippen LogP contribution in [0.25, 0.3) is 0 Å². The number of carboxylic acid groups (broad SMARTS) is 1. The van der Waals surface area contributed by atoms with Crippen molar-refractivity contribution in [1.82, 2.24) is 10.6 Å². The van der Waals surface area contributed by atoms with E-state index >= 15 is 0 Å². The van der Waals surface area contributed by atoms with E-state index in [1.54, 1.807) is 0 Å². The lowest BCUT2D eigenvalue weighted by atomic mass is 9.75. The van der Waals surface area contributed by atoms with Crippen LogP contribution in [-0.4, -0.2) is 35.0 Å². The molecule has 2 fully saturated rings. The van der Waals surface area contributed by atoms with Gasteiger partial charge in [-0.05, 0) is 50.9 Å². The van der Waals surface area contributed by atoms with Crippen molar-refractivity contribution in [2.75, 3.05) is 6.54 Å². The van der Waals surface area contributed by atoms with Crippen LogP contribution in [0, 0.1) is 11.8 Å². The molecule has 0 heterocycles. The summed E-state index contributed by atoms with van der Waals surface area (Å²) in [5.74, 6) is -0.347. The molecular weight excluding hydrogens is 296 g/mol. The average molecular weight is 324 g/mol. The van der Waals surface area contributed by atoms with Crippen LogP contribution in [-0.2, 0) is 14.4 Å². The van der Waals surface area contributed by atoms with Gasteiger partial charge in [0.25, 0.3) is 0 Å². The Morgan fingerprint density at radius 2 is 1.78 bits per heavy atom. The lowest BCUT2D eigenvalue weighted by Crippen LogP contribution is -2.56. The van der Waals surface area contributed by atoms with E-state index in [1.165, 1.54) is 0 Å². The van der Waals surface area contributed by atoms with Gasteiger partial charge in [0.2, 0.25) is 11.8 Å². The first-order valence-corrected chi connectivity index (χ1v) is 8.79. The maximum absolute atomic E-state index is 12.1. The van der Waals surface area contributed by atoms with E-state index in [-0.39, 0.29) is 24.2 Å². The summed E-state index contributed by atoms with van der Waals surface area (Å²) in [5, 5.41) is 15.1. The predicted octanol–water partition coefficient (Wildman–Crippen LogP) is 1.83. The number of amides is 2. The molecule has 2 aliphatic rings. The van der Waals surface area contributed by atoms with Gasteiger partial charge in [0.1, 0.15) is 5.54 Å². The molecule has 0 aromatic carbocycles. The Labute approximate surface area is 137 Å². The number of carbonyl (C=O) groups excluding carboxylic acids is 2. The first-order chi connectivity index (χ1) is 11.0. The second kappa shape index (κ2) is 7.79. The zero-order chi connectivity index (χ0) is 16.9. The molecule has 23 heavy (non-hydrogen) atoms. The maximum atomic E-state index is 12.1. The van der Waals surface area contributed by atoms with Crippen LogP contribution in [0.4, 0.5) is 0 Å². The van der Waals surface area contributed by atoms with Gasteiger partial charge < -0.3 is 15.7 Å². The van der Waals surface area contributed by atoms with Gasteiger partial charge in [-0.3, -0.25) is 9.59 Å². The Kier molecular flexibility index (Phi) is 6.02. The summed E-state index contributed by atoms with van der Waals surface area (Å²) in [7, 11) is 0. The minimum absolute atomic E-state index is 0.0744. The molecule has 6 heteroatoms. The molecule has 6 nitrogen and oxygen atoms in total. The normalized spacial score (nSPS) is 27.3. The summed E-state index contributed by atoms with van der Waals surface area (Å²) in [6.07, 6.45) is 6.48. The molecule has 0 aromatic rings. The molecule has 0 atom stereocenters. The molecule has 0 bridgehead atoms. The van der Waals surface area contributed by atoms with Gasteiger partial charge in [-0.25, -0.2) is 4.79 Å². The van der Waals surface area contributed by atoms with Gasteiger partial charge in [-0.2, -0.15) is 0 Å². The topological polar surface area (TPSA) is 95.5 Å². The molecule has 0 aliphatic heterocycles. The number of aliphatic carboxylic acids is 1. The van der Waals surface area contributed by atoms with Crippen molar-refractivity contribution in [2.24, 2.45) is 11.8 Å². The first-order valence-electron chi connectivity index (χ1n) is 8.79. The number of nitrogens with one attached hydrogen (secondary N) is 2. The molecule has 0 aromatic heterocycles. The highest BCUT2D eigenvalue weighted by molar-refractivity contribution is 5.87. The Hall–Kier alpha value is -1.59. The largest absolute Gasteiger partial charge is 0.480 e. The van der Waals surface area contributed by atoms with Crippen LogP contribution in [0.3, 0.4) is 0 Å². The van der Waals surface area contributed by atoms with E-state index in [2.05, 4.69) is 17.6 Å². The maximum Gasteiger partial charge on any atom is 0.329 e. The smallest absolute Gasteiger partial charge is 0.329 e. The van der Waals surface area contributed by atoms with Crippen LogP contribution in [0.1, 0.15) is 64.7 Å². The number of carboxylic acids is 1. The van der Waals surface area contributed by atoms with E-state index in [0.29, 0.717) is 31.7 Å². The summed E-state index contributed by atoms with van der Waals surface area (Å²) < 4.78 is 0. The van der Waals surface area contributed by atoms with E-state index in [0.717, 1.165) is 32.1 Å². The molecule has 130 valence electrons. The van der Waals surface area contributed by atoms with Crippen molar-refractivity contribution in [3.63, 3.8) is 0 Å². The monoisotopic (exact) mass is 324 g/mol. The fourth-order valence-corrected chi connectivity index (χ4v) is 3.25. The van der Waals surface area contributed by atoms with Gasteiger partial charge >= 0.3 is 5.97 Å². The number of hydrogen-bond donors (Lipinski definition) is 3. The highest BCUT2D eigenvalue weighted by Gasteiger charge is 2.42. The molecule has 0 unspecified atom stereocenters. The molecule has 0 saturated heterocycles. The number of carbonyl (C=O) groups is 3. The lowest BCUT2D eigenvalue weighted by Gasteiger charge is -2.37. The molecule has 3 N–H and O–H groups in total. The van der Waals surface area contributed by atoms with E-state index in [9.17, 15) is 19.5 Å². The fraction of sp³-hybridized carbons (Fsp3) is 0.824. The minimum Gasteiger partial charge on any atom is -0.480 e. The minimum atomic E-state index is -1.10. The summed E-state index contributed by atoms with van der Waals surface area (Å²) in [5.41, 5.74) is -1.10. The molecule has 2 aliphatic carbocycles. The van der Waals surface area contributed by atoms with Gasteiger partial charge in [0, 0.05) is 18.9 Å². The van der Waals surface area contributed by atoms with E-state index in [1.807, 2.05) is 0 Å². The Balaban J connectivity index is 1.72. The quantitative estimate of drug-likeness (QED) is 0.594. The van der Waals surface area contributed by atoms with Crippen molar-refractivity contribution < 1.29 is 19.5 Å². The highest BCUT2D eigenvalue weighted by Crippen LogP contribution is 2.34. The van der Waals surface area contributed by atoms with Crippen LogP contribution in [0.15, 0.2) is 0 Å². The molecule has 2 saturated carbocycles. The van der Waals surface area contributed by atoms with Gasteiger partial charge in [-0.15, -0.1) is 0 Å². The third-order valence-electron chi connectivity index (χ3n) is 5.15. The SMILES string of the molecule is CCC1CCC(NC(=O)CCCNC(=O)C2CC2)(C(=O)O)CC1. The van der Waals surface area contributed by atoms with Gasteiger partial charge in [-0.1, -0.05) is 13.3 Å². The predicted molar refractivity (Wildman–Crippen MR) is 85.7 cm³/mol. The van der Waals surface area contributed by atoms with Crippen molar-refractivity contribution >= 4 is 17.8 Å². The third kappa shape index (κ3) is 4.94. The van der Waals surface area contributed by atoms with Gasteiger partial charge in [0.15, 0.2) is 0 Å². The Bertz CT molecular complexity index is 452. The fourth-order valence-electron chi connectivity index (χ4n) is 3.25. The summed E-state index contributed by atoms with van der Waals surface area (Å²) in [6, 6.07) is 0. The molecule has 2 amide bonds. The second-order valence-electron chi connectivity index (χ2n) is 6.96. The van der Waals surface area contributed by atoms with Crippen molar-refractivity contribution in [3.8, 4) is 0 Å². The van der Waals surface area contributed by atoms with E-state index < -0.39 is 11.5 Å². The first kappa shape index (κ1) is 17.8. The number of hydrogen-bond acceptors (Lipinski definition) is 3. The van der Waals surface area contributed by atoms with Crippen LogP contribution in [0.2, 0.25) is 0 Å². The zero-order valence-electron chi connectivity index (χ0n) is 13.9. The van der Waals surface area contributed by atoms with Crippen LogP contribution in [0.5, 0.6) is 0 Å². The molecule has 0 spiro atoms. The second-order valence-corrected chi connectivity index (χ2v) is 6.96. The third-order valence-corrected chi connectivity index (χ3v) is 5.15. The van der Waals surface area contributed by atoms with Crippen LogP contribution < -0.4 is 10.6 Å². The lowest BCUT2D eigenvalue weighted by molar-refractivity contribution is -0.149. The summed E-state index contributed by atoms with van der Waals surface area (Å²) in [6.45, 7) is 2.59. The van der Waals surface area contributed by atoms with Gasteiger partial charge in [0.05, 0.1) is 0 Å². The molecular formula is C17H28N2O4. The molecule has 2 rings (SSSR count). The number of rotatable bonds is 8. The van der Waals surface area contributed by atoms with Crippen molar-refractivity contribution in [2.45, 2.75) is 70.3 Å². The van der Waals surface area contributed by atoms with E-state index in [4.69, 9.17) is 0 Å². The summed E-state index contributed by atoms with van der Waals surface area (Å²) >= 11 is 0. The highest BCUT2D eigenvalue weighted by atomic mass is 16.4. The Morgan fingerprint density at radius 1 is 1.13 bits per heavy atom. The zero-order valence-corrected chi connectivity index (χ0v) is 13.9. The Morgan fingerprint density at radius 3 is 2.30 bits per heavy atom. The van der Waals surface area contributed by atoms with Crippen molar-refractivity contribution in [3.05, 3.63) is 0 Å². The van der Waals surface area contributed by atoms with Crippen LogP contribution >= 0.6 is 0 Å².